The van der Waals surface area contributed by atoms with Crippen LogP contribution in [0.5, 0.6) is 0 Å². The van der Waals surface area contributed by atoms with Crippen molar-refractivity contribution in [1.29, 1.82) is 0 Å². The molecule has 1 amide bonds. The Kier molecular flexibility index (Phi) is 7.48. The molecule has 0 saturated carbocycles. The van der Waals surface area contributed by atoms with Crippen molar-refractivity contribution in [3.05, 3.63) is 34.1 Å². The van der Waals surface area contributed by atoms with Gasteiger partial charge in [0.15, 0.2) is 0 Å². The molecule has 0 unspecified atom stereocenters. The minimum atomic E-state index is -0.503. The Morgan fingerprint density at radius 3 is 2.57 bits per heavy atom. The van der Waals surface area contributed by atoms with E-state index >= 15 is 0 Å². The molecule has 0 saturated heterocycles. The molecule has 0 fully saturated rings. The minimum Gasteiger partial charge on any atom is -0.444 e. The summed E-state index contributed by atoms with van der Waals surface area (Å²) in [6.07, 6.45) is -0.308. The number of ether oxygens (including phenoxy) is 1. The smallest absolute Gasteiger partial charge is 0.410 e. The summed E-state index contributed by atoms with van der Waals surface area (Å²) < 4.78 is 19.2. The number of rotatable bonds is 6. The third-order valence-electron chi connectivity index (χ3n) is 3.11. The average molecular weight is 389 g/mol. The Morgan fingerprint density at radius 1 is 1.39 bits per heavy atom. The normalized spacial score (nSPS) is 11.7. The first-order chi connectivity index (χ1) is 10.6. The first kappa shape index (κ1) is 19.9. The van der Waals surface area contributed by atoms with E-state index < -0.39 is 5.60 Å². The van der Waals surface area contributed by atoms with Gasteiger partial charge in [-0.2, -0.15) is 0 Å². The molecule has 4 nitrogen and oxygen atoms in total. The van der Waals surface area contributed by atoms with Crippen molar-refractivity contribution in [2.24, 2.45) is 0 Å². The zero-order valence-electron chi connectivity index (χ0n) is 14.5. The molecule has 0 aromatic heterocycles. The van der Waals surface area contributed by atoms with Gasteiger partial charge in [0.2, 0.25) is 0 Å². The molecule has 23 heavy (non-hydrogen) atoms. The number of carbonyl (C=O) groups excluding carboxylic acids is 1. The van der Waals surface area contributed by atoms with Crippen LogP contribution in [-0.4, -0.2) is 35.7 Å². The summed E-state index contributed by atoms with van der Waals surface area (Å²) in [6.45, 7) is 11.3. The Balaban J connectivity index is 2.48. The number of benzene rings is 1. The van der Waals surface area contributed by atoms with E-state index in [9.17, 15) is 9.18 Å². The van der Waals surface area contributed by atoms with Gasteiger partial charge in [0.1, 0.15) is 11.4 Å². The highest BCUT2D eigenvalue weighted by Gasteiger charge is 2.23. The van der Waals surface area contributed by atoms with Crippen LogP contribution in [0.15, 0.2) is 22.7 Å². The van der Waals surface area contributed by atoms with Gasteiger partial charge in [0.05, 0.1) is 0 Å². The van der Waals surface area contributed by atoms with Crippen LogP contribution in [0.4, 0.5) is 9.18 Å². The fraction of sp³-hybridized carbons (Fsp3) is 0.588. The third-order valence-corrected chi connectivity index (χ3v) is 3.85. The topological polar surface area (TPSA) is 41.6 Å². The first-order valence-electron chi connectivity index (χ1n) is 7.74. The van der Waals surface area contributed by atoms with Crippen LogP contribution in [0.3, 0.4) is 0 Å². The zero-order valence-corrected chi connectivity index (χ0v) is 16.0. The zero-order chi connectivity index (χ0) is 17.6. The molecular weight excluding hydrogens is 363 g/mol. The lowest BCUT2D eigenvalue weighted by atomic mass is 10.2. The summed E-state index contributed by atoms with van der Waals surface area (Å²) in [5.74, 6) is -0.267. The molecule has 0 aliphatic rings. The van der Waals surface area contributed by atoms with Crippen LogP contribution in [0.2, 0.25) is 0 Å². The predicted molar refractivity (Wildman–Crippen MR) is 93.9 cm³/mol. The van der Waals surface area contributed by atoms with E-state index in [4.69, 9.17) is 4.74 Å². The van der Waals surface area contributed by atoms with Crippen molar-refractivity contribution >= 4 is 22.0 Å². The van der Waals surface area contributed by atoms with Crippen molar-refractivity contribution in [2.45, 2.75) is 52.8 Å². The number of nitrogens with one attached hydrogen (secondary N) is 1. The summed E-state index contributed by atoms with van der Waals surface area (Å²) in [4.78, 5) is 13.9. The molecule has 1 N–H and O–H groups in total. The van der Waals surface area contributed by atoms with Crippen molar-refractivity contribution in [3.8, 4) is 0 Å². The van der Waals surface area contributed by atoms with Gasteiger partial charge in [-0.25, -0.2) is 9.18 Å². The fourth-order valence-corrected chi connectivity index (χ4v) is 2.46. The van der Waals surface area contributed by atoms with Gasteiger partial charge < -0.3 is 15.0 Å². The molecule has 0 bridgehead atoms. The van der Waals surface area contributed by atoms with E-state index in [1.54, 1.807) is 11.0 Å². The molecule has 1 aromatic rings. The molecular formula is C17H26BrFN2O2. The number of nitrogens with zero attached hydrogens (tertiary/aromatic N) is 1. The summed E-state index contributed by atoms with van der Waals surface area (Å²) in [5, 5.41) is 3.26. The van der Waals surface area contributed by atoms with Gasteiger partial charge in [0.25, 0.3) is 0 Å². The third kappa shape index (κ3) is 7.31. The maximum Gasteiger partial charge on any atom is 0.410 e. The quantitative estimate of drug-likeness (QED) is 0.737. The Hall–Kier alpha value is -1.14. The Labute approximate surface area is 146 Å². The molecule has 0 spiro atoms. The fourth-order valence-electron chi connectivity index (χ4n) is 1.97. The largest absolute Gasteiger partial charge is 0.444 e. The molecule has 0 atom stereocenters. The maximum atomic E-state index is 13.0. The summed E-state index contributed by atoms with van der Waals surface area (Å²) in [5.41, 5.74) is 0.469. The Morgan fingerprint density at radius 2 is 2.04 bits per heavy atom. The molecule has 0 heterocycles. The minimum absolute atomic E-state index is 0.0595. The van der Waals surface area contributed by atoms with E-state index in [0.717, 1.165) is 10.0 Å². The van der Waals surface area contributed by atoms with Gasteiger partial charge in [-0.15, -0.1) is 0 Å². The SMILES string of the molecule is CC(C)N(CCNCc1ccc(F)cc1Br)C(=O)OC(C)(C)C. The second kappa shape index (κ2) is 8.64. The second-order valence-corrected chi connectivity index (χ2v) is 7.53. The number of halogens is 2. The van der Waals surface area contributed by atoms with Gasteiger partial charge in [0, 0.05) is 30.1 Å². The van der Waals surface area contributed by atoms with Crippen LogP contribution in [0, 0.1) is 5.82 Å². The van der Waals surface area contributed by atoms with E-state index in [-0.39, 0.29) is 18.0 Å². The van der Waals surface area contributed by atoms with Crippen LogP contribution >= 0.6 is 15.9 Å². The van der Waals surface area contributed by atoms with E-state index in [2.05, 4.69) is 21.2 Å². The monoisotopic (exact) mass is 388 g/mol. The molecule has 6 heteroatoms. The lowest BCUT2D eigenvalue weighted by Gasteiger charge is -2.30. The molecule has 1 rings (SSSR count). The van der Waals surface area contributed by atoms with E-state index in [1.807, 2.05) is 34.6 Å². The summed E-state index contributed by atoms with van der Waals surface area (Å²) >= 11 is 3.34. The highest BCUT2D eigenvalue weighted by atomic mass is 79.9. The van der Waals surface area contributed by atoms with Crippen LogP contribution in [0.1, 0.15) is 40.2 Å². The molecule has 1 aromatic carbocycles. The van der Waals surface area contributed by atoms with Crippen molar-refractivity contribution < 1.29 is 13.9 Å². The molecule has 130 valence electrons. The van der Waals surface area contributed by atoms with E-state index in [1.165, 1.54) is 12.1 Å². The number of carbonyl (C=O) groups is 1. The Bertz CT molecular complexity index is 530. The first-order valence-corrected chi connectivity index (χ1v) is 8.53. The highest BCUT2D eigenvalue weighted by Crippen LogP contribution is 2.17. The van der Waals surface area contributed by atoms with Crippen LogP contribution in [-0.2, 0) is 11.3 Å². The summed E-state index contributed by atoms with van der Waals surface area (Å²) in [6, 6.07) is 4.67. The maximum absolute atomic E-state index is 13.0. The van der Waals surface area contributed by atoms with Gasteiger partial charge in [-0.3, -0.25) is 0 Å². The number of hydrogen-bond donors (Lipinski definition) is 1. The molecule has 0 aliphatic heterocycles. The molecule has 0 radical (unpaired) electrons. The standard InChI is InChI=1S/C17H26BrFN2O2/c1-12(2)21(16(22)23-17(3,4)5)9-8-20-11-13-6-7-14(19)10-15(13)18/h6-7,10,12,20H,8-9,11H2,1-5H3. The van der Waals surface area contributed by atoms with E-state index in [0.29, 0.717) is 19.6 Å². The highest BCUT2D eigenvalue weighted by molar-refractivity contribution is 9.10. The van der Waals surface area contributed by atoms with Crippen molar-refractivity contribution in [2.75, 3.05) is 13.1 Å². The van der Waals surface area contributed by atoms with Gasteiger partial charge in [-0.1, -0.05) is 22.0 Å². The van der Waals surface area contributed by atoms with Crippen molar-refractivity contribution in [3.63, 3.8) is 0 Å². The lowest BCUT2D eigenvalue weighted by Crippen LogP contribution is -2.44. The lowest BCUT2D eigenvalue weighted by molar-refractivity contribution is 0.0193. The van der Waals surface area contributed by atoms with Crippen molar-refractivity contribution in [1.82, 2.24) is 10.2 Å². The predicted octanol–water partition coefficient (Wildman–Crippen LogP) is 4.32. The van der Waals surface area contributed by atoms with Crippen LogP contribution in [0.25, 0.3) is 0 Å². The van der Waals surface area contributed by atoms with Crippen LogP contribution < -0.4 is 5.32 Å². The number of hydrogen-bond acceptors (Lipinski definition) is 3. The summed E-state index contributed by atoms with van der Waals surface area (Å²) in [7, 11) is 0. The average Bonchev–Trinajstić information content (AvgIpc) is 2.38. The van der Waals surface area contributed by atoms with Gasteiger partial charge >= 0.3 is 6.09 Å². The number of amides is 1. The molecule has 0 aliphatic carbocycles. The second-order valence-electron chi connectivity index (χ2n) is 6.68. The van der Waals surface area contributed by atoms with Gasteiger partial charge in [-0.05, 0) is 52.3 Å².